The largest absolute Gasteiger partial charge is 0.297 e. The van der Waals surface area contributed by atoms with Crippen molar-refractivity contribution in [3.8, 4) is 0 Å². The van der Waals surface area contributed by atoms with E-state index in [1.54, 1.807) is 11.1 Å². The van der Waals surface area contributed by atoms with Gasteiger partial charge in [-0.15, -0.1) is 0 Å². The van der Waals surface area contributed by atoms with E-state index < -0.39 is 0 Å². The molecule has 1 aliphatic rings. The highest BCUT2D eigenvalue weighted by atomic mass is 79.9. The number of halogens is 2. The molecule has 1 fully saturated rings. The molecule has 3 nitrogen and oxygen atoms in total. The molecule has 1 amide bonds. The van der Waals surface area contributed by atoms with Crippen LogP contribution in [0.5, 0.6) is 0 Å². The van der Waals surface area contributed by atoms with Crippen molar-refractivity contribution in [1.82, 2.24) is 4.98 Å². The Balaban J connectivity index is 2.18. The Kier molecular flexibility index (Phi) is 3.41. The Morgan fingerprint density at radius 2 is 2.33 bits per heavy atom. The summed E-state index contributed by atoms with van der Waals surface area (Å²) in [5, 5.41) is 0.867. The van der Waals surface area contributed by atoms with Crippen LogP contribution in [0.25, 0.3) is 0 Å². The van der Waals surface area contributed by atoms with E-state index in [0.717, 1.165) is 22.2 Å². The molecule has 5 heteroatoms. The maximum absolute atomic E-state index is 11.7. The molecule has 0 aliphatic carbocycles. The topological polar surface area (TPSA) is 33.2 Å². The fraction of sp³-hybridized carbons (Fsp3) is 0.400. The predicted molar refractivity (Wildman–Crippen MR) is 66.2 cm³/mol. The minimum Gasteiger partial charge on any atom is -0.297 e. The second-order valence-corrected chi connectivity index (χ2v) is 5.13. The lowest BCUT2D eigenvalue weighted by Gasteiger charge is -2.14. The van der Waals surface area contributed by atoms with Gasteiger partial charge in [0.2, 0.25) is 5.91 Å². The lowest BCUT2D eigenvalue weighted by Crippen LogP contribution is -2.25. The number of carbonyl (C=O) groups is 1. The normalized spacial score (nSPS) is 21.1. The van der Waals surface area contributed by atoms with Crippen LogP contribution in [0, 0.1) is 5.92 Å². The van der Waals surface area contributed by atoms with Crippen molar-refractivity contribution in [3.05, 3.63) is 22.8 Å². The van der Waals surface area contributed by atoms with E-state index in [1.807, 2.05) is 12.1 Å². The van der Waals surface area contributed by atoms with Crippen LogP contribution in [0.3, 0.4) is 0 Å². The molecule has 0 spiro atoms. The second-order valence-electron chi connectivity index (χ2n) is 3.56. The number of alkyl halides is 1. The number of aromatic nitrogens is 1. The molecule has 15 heavy (non-hydrogen) atoms. The maximum atomic E-state index is 11.7. The summed E-state index contributed by atoms with van der Waals surface area (Å²) in [6.45, 7) is 0.763. The molecular formula is C10H10Br2N2O. The number of pyridine rings is 1. The molecule has 1 unspecified atom stereocenters. The van der Waals surface area contributed by atoms with Gasteiger partial charge in [0.1, 0.15) is 5.82 Å². The summed E-state index contributed by atoms with van der Waals surface area (Å²) < 4.78 is 0.926. The molecule has 1 aromatic rings. The Bertz CT molecular complexity index is 366. The van der Waals surface area contributed by atoms with Crippen molar-refractivity contribution in [3.63, 3.8) is 0 Å². The smallest absolute Gasteiger partial charge is 0.228 e. The number of anilines is 1. The van der Waals surface area contributed by atoms with Crippen LogP contribution < -0.4 is 4.90 Å². The van der Waals surface area contributed by atoms with Gasteiger partial charge in [0.05, 0.1) is 0 Å². The average Bonchev–Trinajstić information content (AvgIpc) is 2.61. The SMILES string of the molecule is O=C1CC(CBr)CN1c1ccc(Br)cn1. The number of nitrogens with zero attached hydrogens (tertiary/aromatic N) is 2. The van der Waals surface area contributed by atoms with Gasteiger partial charge in [-0.1, -0.05) is 15.9 Å². The third kappa shape index (κ3) is 2.39. The molecule has 80 valence electrons. The minimum absolute atomic E-state index is 0.161. The second kappa shape index (κ2) is 4.61. The summed E-state index contributed by atoms with van der Waals surface area (Å²) in [5.41, 5.74) is 0. The Morgan fingerprint density at radius 1 is 1.53 bits per heavy atom. The van der Waals surface area contributed by atoms with E-state index >= 15 is 0 Å². The predicted octanol–water partition coefficient (Wildman–Crippen LogP) is 2.59. The summed E-state index contributed by atoms with van der Waals surface area (Å²) >= 11 is 6.73. The van der Waals surface area contributed by atoms with Gasteiger partial charge in [0, 0.05) is 29.0 Å². The van der Waals surface area contributed by atoms with Gasteiger partial charge in [0.25, 0.3) is 0 Å². The van der Waals surface area contributed by atoms with Crippen molar-refractivity contribution >= 4 is 43.6 Å². The lowest BCUT2D eigenvalue weighted by atomic mass is 10.2. The Morgan fingerprint density at radius 3 is 2.87 bits per heavy atom. The summed E-state index contributed by atoms with van der Waals surface area (Å²) in [6, 6.07) is 3.76. The van der Waals surface area contributed by atoms with Crippen LogP contribution in [-0.4, -0.2) is 22.8 Å². The molecule has 0 saturated carbocycles. The fourth-order valence-electron chi connectivity index (χ4n) is 1.63. The van der Waals surface area contributed by atoms with Gasteiger partial charge in [-0.3, -0.25) is 9.69 Å². The molecule has 0 aromatic carbocycles. The summed E-state index contributed by atoms with van der Waals surface area (Å²) in [5.74, 6) is 1.31. The molecule has 0 radical (unpaired) electrons. The van der Waals surface area contributed by atoms with Crippen molar-refractivity contribution in [1.29, 1.82) is 0 Å². The van der Waals surface area contributed by atoms with Crippen LogP contribution in [0.4, 0.5) is 5.82 Å². The van der Waals surface area contributed by atoms with Gasteiger partial charge in [0.15, 0.2) is 0 Å². The number of amides is 1. The van der Waals surface area contributed by atoms with Gasteiger partial charge in [-0.2, -0.15) is 0 Å². The first kappa shape index (κ1) is 11.1. The minimum atomic E-state index is 0.161. The first-order valence-corrected chi connectivity index (χ1v) is 6.60. The van der Waals surface area contributed by atoms with Crippen LogP contribution in [-0.2, 0) is 4.79 Å². The van der Waals surface area contributed by atoms with Gasteiger partial charge >= 0.3 is 0 Å². The highest BCUT2D eigenvalue weighted by molar-refractivity contribution is 9.10. The van der Waals surface area contributed by atoms with E-state index in [9.17, 15) is 4.79 Å². The van der Waals surface area contributed by atoms with E-state index in [1.165, 1.54) is 0 Å². The van der Waals surface area contributed by atoms with Crippen LogP contribution in [0.1, 0.15) is 6.42 Å². The number of hydrogen-bond acceptors (Lipinski definition) is 2. The number of hydrogen-bond donors (Lipinski definition) is 0. The molecule has 2 rings (SSSR count). The van der Waals surface area contributed by atoms with Crippen molar-refractivity contribution in [2.24, 2.45) is 5.92 Å². The molecule has 1 aromatic heterocycles. The first-order valence-electron chi connectivity index (χ1n) is 4.68. The van der Waals surface area contributed by atoms with Crippen LogP contribution in [0.2, 0.25) is 0 Å². The van der Waals surface area contributed by atoms with Crippen molar-refractivity contribution in [2.75, 3.05) is 16.8 Å². The molecular weight excluding hydrogens is 324 g/mol. The number of rotatable bonds is 2. The molecule has 0 bridgehead atoms. The molecule has 1 saturated heterocycles. The zero-order valence-corrected chi connectivity index (χ0v) is 11.2. The summed E-state index contributed by atoms with van der Waals surface area (Å²) in [6.07, 6.45) is 2.33. The molecule has 0 N–H and O–H groups in total. The molecule has 1 atom stereocenters. The Hall–Kier alpha value is -0.420. The number of carbonyl (C=O) groups excluding carboxylic acids is 1. The fourth-order valence-corrected chi connectivity index (χ4v) is 2.30. The zero-order valence-electron chi connectivity index (χ0n) is 7.99. The van der Waals surface area contributed by atoms with Gasteiger partial charge in [-0.25, -0.2) is 4.98 Å². The summed E-state index contributed by atoms with van der Waals surface area (Å²) in [4.78, 5) is 17.7. The van der Waals surface area contributed by atoms with E-state index in [2.05, 4.69) is 36.8 Å². The van der Waals surface area contributed by atoms with E-state index in [0.29, 0.717) is 12.3 Å². The maximum Gasteiger partial charge on any atom is 0.228 e. The van der Waals surface area contributed by atoms with Gasteiger partial charge in [-0.05, 0) is 34.0 Å². The molecule has 2 heterocycles. The highest BCUT2D eigenvalue weighted by Crippen LogP contribution is 2.25. The van der Waals surface area contributed by atoms with Crippen LogP contribution >= 0.6 is 31.9 Å². The van der Waals surface area contributed by atoms with Gasteiger partial charge < -0.3 is 0 Å². The zero-order chi connectivity index (χ0) is 10.8. The highest BCUT2D eigenvalue weighted by Gasteiger charge is 2.30. The van der Waals surface area contributed by atoms with E-state index in [-0.39, 0.29) is 5.91 Å². The van der Waals surface area contributed by atoms with Crippen molar-refractivity contribution in [2.45, 2.75) is 6.42 Å². The summed E-state index contributed by atoms with van der Waals surface area (Å²) in [7, 11) is 0. The Labute approximate surface area is 105 Å². The standard InChI is InChI=1S/C10H10Br2N2O/c11-4-7-3-10(15)14(6-7)9-2-1-8(12)5-13-9/h1-2,5,7H,3-4,6H2. The lowest BCUT2D eigenvalue weighted by molar-refractivity contribution is -0.117. The third-order valence-electron chi connectivity index (χ3n) is 2.41. The molecule has 1 aliphatic heterocycles. The van der Waals surface area contributed by atoms with Crippen molar-refractivity contribution < 1.29 is 4.79 Å². The quantitative estimate of drug-likeness (QED) is 0.779. The third-order valence-corrected chi connectivity index (χ3v) is 3.80. The monoisotopic (exact) mass is 332 g/mol. The first-order chi connectivity index (χ1) is 7.20. The average molecular weight is 334 g/mol. The van der Waals surface area contributed by atoms with E-state index in [4.69, 9.17) is 0 Å². The van der Waals surface area contributed by atoms with Crippen LogP contribution in [0.15, 0.2) is 22.8 Å².